The Kier molecular flexibility index (Phi) is 5.09. The summed E-state index contributed by atoms with van der Waals surface area (Å²) in [7, 11) is 1.62. The van der Waals surface area contributed by atoms with E-state index in [-0.39, 0.29) is 6.03 Å². The average molecular weight is 397 g/mol. The van der Waals surface area contributed by atoms with Crippen molar-refractivity contribution < 1.29 is 9.53 Å². The standard InChI is InChI=1S/C21H24N4O2S/c1-14-7-8-15(2)19-18(14)23-21(28-19)25-11-9-24(10-12-25)20(26)22-16-5-4-6-17(13-16)27-3/h4-8,13H,9-12H2,1-3H3,(H,22,26). The Balaban J connectivity index is 1.41. The molecular weight excluding hydrogens is 372 g/mol. The molecule has 1 aromatic heterocycles. The molecule has 2 amide bonds. The highest BCUT2D eigenvalue weighted by Gasteiger charge is 2.23. The number of ether oxygens (including phenoxy) is 1. The van der Waals surface area contributed by atoms with Gasteiger partial charge in [0.2, 0.25) is 0 Å². The molecule has 1 saturated heterocycles. The van der Waals surface area contributed by atoms with Crippen molar-refractivity contribution in [3.05, 3.63) is 47.5 Å². The summed E-state index contributed by atoms with van der Waals surface area (Å²) in [5.41, 5.74) is 4.31. The molecule has 1 N–H and O–H groups in total. The summed E-state index contributed by atoms with van der Waals surface area (Å²) in [6.45, 7) is 7.14. The van der Waals surface area contributed by atoms with Gasteiger partial charge in [0.1, 0.15) is 5.75 Å². The van der Waals surface area contributed by atoms with E-state index in [1.54, 1.807) is 18.4 Å². The van der Waals surface area contributed by atoms with Crippen LogP contribution in [0.1, 0.15) is 11.1 Å². The maximum Gasteiger partial charge on any atom is 0.321 e. The number of fused-ring (bicyclic) bond motifs is 1. The Labute approximate surface area is 168 Å². The Hall–Kier alpha value is -2.80. The summed E-state index contributed by atoms with van der Waals surface area (Å²) >= 11 is 1.74. The molecular formula is C21H24N4O2S. The maximum atomic E-state index is 12.6. The number of hydrogen-bond donors (Lipinski definition) is 1. The van der Waals surface area contributed by atoms with Crippen LogP contribution in [0.15, 0.2) is 36.4 Å². The fourth-order valence-electron chi connectivity index (χ4n) is 3.39. The van der Waals surface area contributed by atoms with Gasteiger partial charge < -0.3 is 19.9 Å². The third kappa shape index (κ3) is 3.62. The predicted octanol–water partition coefficient (Wildman–Crippen LogP) is 4.28. The summed E-state index contributed by atoms with van der Waals surface area (Å²) in [5, 5.41) is 3.99. The lowest BCUT2D eigenvalue weighted by Crippen LogP contribution is -2.50. The number of thiazole rings is 1. The van der Waals surface area contributed by atoms with Gasteiger partial charge in [0.15, 0.2) is 5.13 Å². The van der Waals surface area contributed by atoms with E-state index < -0.39 is 0 Å². The number of methoxy groups -OCH3 is 1. The lowest BCUT2D eigenvalue weighted by atomic mass is 10.1. The van der Waals surface area contributed by atoms with Crippen molar-refractivity contribution in [1.82, 2.24) is 9.88 Å². The van der Waals surface area contributed by atoms with Gasteiger partial charge in [-0.3, -0.25) is 0 Å². The minimum absolute atomic E-state index is 0.0797. The lowest BCUT2D eigenvalue weighted by molar-refractivity contribution is 0.208. The first-order valence-electron chi connectivity index (χ1n) is 9.37. The zero-order valence-electron chi connectivity index (χ0n) is 16.4. The van der Waals surface area contributed by atoms with E-state index in [9.17, 15) is 4.79 Å². The Morgan fingerprint density at radius 1 is 1.11 bits per heavy atom. The van der Waals surface area contributed by atoms with Gasteiger partial charge in [0.05, 0.1) is 17.3 Å². The minimum Gasteiger partial charge on any atom is -0.497 e. The van der Waals surface area contributed by atoms with Crippen molar-refractivity contribution in [1.29, 1.82) is 0 Å². The number of nitrogens with one attached hydrogen (secondary N) is 1. The number of carbonyl (C=O) groups excluding carboxylic acids is 1. The van der Waals surface area contributed by atoms with Crippen LogP contribution in [0.25, 0.3) is 10.2 Å². The molecule has 1 aliphatic heterocycles. The van der Waals surface area contributed by atoms with Crippen molar-refractivity contribution >= 4 is 38.4 Å². The number of hydrogen-bond acceptors (Lipinski definition) is 5. The second kappa shape index (κ2) is 7.67. The molecule has 0 aliphatic carbocycles. The van der Waals surface area contributed by atoms with Gasteiger partial charge in [-0.15, -0.1) is 0 Å². The Bertz CT molecular complexity index is 970. The SMILES string of the molecule is COc1cccc(NC(=O)N2CCN(c3nc4c(C)ccc(C)c4s3)CC2)c1. The molecule has 4 rings (SSSR count). The highest BCUT2D eigenvalue weighted by molar-refractivity contribution is 7.22. The molecule has 28 heavy (non-hydrogen) atoms. The summed E-state index contributed by atoms with van der Waals surface area (Å²) in [6.07, 6.45) is 0. The van der Waals surface area contributed by atoms with Gasteiger partial charge in [-0.25, -0.2) is 9.78 Å². The van der Waals surface area contributed by atoms with E-state index in [2.05, 4.69) is 36.2 Å². The molecule has 3 aromatic rings. The third-order valence-electron chi connectivity index (χ3n) is 5.09. The fourth-order valence-corrected chi connectivity index (χ4v) is 4.55. The molecule has 146 valence electrons. The van der Waals surface area contributed by atoms with Crippen LogP contribution in [0.5, 0.6) is 5.75 Å². The largest absolute Gasteiger partial charge is 0.497 e. The summed E-state index contributed by atoms with van der Waals surface area (Å²) in [6, 6.07) is 11.6. The summed E-state index contributed by atoms with van der Waals surface area (Å²) < 4.78 is 6.47. The van der Waals surface area contributed by atoms with E-state index in [4.69, 9.17) is 9.72 Å². The molecule has 0 spiro atoms. The van der Waals surface area contributed by atoms with Crippen molar-refractivity contribution in [2.24, 2.45) is 0 Å². The molecule has 0 bridgehead atoms. The van der Waals surface area contributed by atoms with Gasteiger partial charge in [0, 0.05) is 37.9 Å². The molecule has 2 aromatic carbocycles. The first kappa shape index (κ1) is 18.6. The number of piperazine rings is 1. The number of amides is 2. The summed E-state index contributed by atoms with van der Waals surface area (Å²) in [4.78, 5) is 21.6. The normalized spacial score (nSPS) is 14.4. The highest BCUT2D eigenvalue weighted by Crippen LogP contribution is 2.33. The van der Waals surface area contributed by atoms with Crippen LogP contribution in [0.3, 0.4) is 0 Å². The predicted molar refractivity (Wildman–Crippen MR) is 115 cm³/mol. The molecule has 6 nitrogen and oxygen atoms in total. The van der Waals surface area contributed by atoms with Gasteiger partial charge in [-0.05, 0) is 37.1 Å². The van der Waals surface area contributed by atoms with Crippen LogP contribution in [0.2, 0.25) is 0 Å². The first-order chi connectivity index (χ1) is 13.5. The number of nitrogens with zero attached hydrogens (tertiary/aromatic N) is 3. The zero-order chi connectivity index (χ0) is 19.7. The van der Waals surface area contributed by atoms with E-state index in [1.165, 1.54) is 15.8 Å². The fraction of sp³-hybridized carbons (Fsp3) is 0.333. The summed E-state index contributed by atoms with van der Waals surface area (Å²) in [5.74, 6) is 0.726. The van der Waals surface area contributed by atoms with Crippen LogP contribution in [0.4, 0.5) is 15.6 Å². The molecule has 2 heterocycles. The number of urea groups is 1. The molecule has 0 saturated carbocycles. The third-order valence-corrected chi connectivity index (χ3v) is 6.34. The van der Waals surface area contributed by atoms with Gasteiger partial charge >= 0.3 is 6.03 Å². The first-order valence-corrected chi connectivity index (χ1v) is 10.2. The monoisotopic (exact) mass is 396 g/mol. The van der Waals surface area contributed by atoms with Gasteiger partial charge in [-0.1, -0.05) is 29.5 Å². The van der Waals surface area contributed by atoms with Crippen LogP contribution in [-0.4, -0.2) is 49.2 Å². The van der Waals surface area contributed by atoms with Crippen molar-refractivity contribution in [3.8, 4) is 5.75 Å². The minimum atomic E-state index is -0.0797. The number of benzene rings is 2. The van der Waals surface area contributed by atoms with Gasteiger partial charge in [-0.2, -0.15) is 0 Å². The van der Waals surface area contributed by atoms with E-state index in [0.717, 1.165) is 35.2 Å². The molecule has 1 fully saturated rings. The van der Waals surface area contributed by atoms with Crippen molar-refractivity contribution in [2.75, 3.05) is 43.5 Å². The molecule has 0 atom stereocenters. The number of aryl methyl sites for hydroxylation is 2. The van der Waals surface area contributed by atoms with Crippen molar-refractivity contribution in [3.63, 3.8) is 0 Å². The maximum absolute atomic E-state index is 12.6. The second-order valence-corrected chi connectivity index (χ2v) is 7.99. The van der Waals surface area contributed by atoms with Crippen LogP contribution < -0.4 is 15.0 Å². The number of carbonyl (C=O) groups is 1. The molecule has 1 aliphatic rings. The lowest BCUT2D eigenvalue weighted by Gasteiger charge is -2.34. The van der Waals surface area contributed by atoms with Crippen LogP contribution in [0, 0.1) is 13.8 Å². The average Bonchev–Trinajstić information content (AvgIpc) is 3.18. The van der Waals surface area contributed by atoms with E-state index in [0.29, 0.717) is 13.1 Å². The molecule has 7 heteroatoms. The smallest absolute Gasteiger partial charge is 0.321 e. The quantitative estimate of drug-likeness (QED) is 0.718. The van der Waals surface area contributed by atoms with Crippen LogP contribution in [-0.2, 0) is 0 Å². The zero-order valence-corrected chi connectivity index (χ0v) is 17.2. The molecule has 0 unspecified atom stereocenters. The number of rotatable bonds is 3. The second-order valence-electron chi connectivity index (χ2n) is 7.01. The van der Waals surface area contributed by atoms with Crippen LogP contribution >= 0.6 is 11.3 Å². The highest BCUT2D eigenvalue weighted by atomic mass is 32.1. The number of aromatic nitrogens is 1. The topological polar surface area (TPSA) is 57.7 Å². The Morgan fingerprint density at radius 2 is 1.86 bits per heavy atom. The van der Waals surface area contributed by atoms with E-state index >= 15 is 0 Å². The van der Waals surface area contributed by atoms with E-state index in [1.807, 2.05) is 29.2 Å². The Morgan fingerprint density at radius 3 is 2.57 bits per heavy atom. The van der Waals surface area contributed by atoms with Gasteiger partial charge in [0.25, 0.3) is 0 Å². The molecule has 0 radical (unpaired) electrons. The number of anilines is 2. The van der Waals surface area contributed by atoms with Crippen molar-refractivity contribution in [2.45, 2.75) is 13.8 Å².